The molecule has 0 atom stereocenters. The minimum atomic E-state index is 0.635. The second-order valence-corrected chi connectivity index (χ2v) is 2.63. The minimum absolute atomic E-state index is 0.635. The maximum absolute atomic E-state index is 4.11. The number of nitrogens with one attached hydrogen (secondary N) is 2. The number of nitrogens with zero attached hydrogens (tertiary/aromatic N) is 2. The van der Waals surface area contributed by atoms with E-state index >= 15 is 0 Å². The maximum Gasteiger partial charge on any atom is 0.222 e. The average molecular weight is 174 g/mol. The van der Waals surface area contributed by atoms with Crippen molar-refractivity contribution in [3.63, 3.8) is 0 Å². The zero-order chi connectivity index (χ0) is 9.10. The fourth-order valence-corrected chi connectivity index (χ4v) is 1.11. The van der Waals surface area contributed by atoms with E-state index in [1.165, 1.54) is 0 Å². The predicted molar refractivity (Wildman–Crippen MR) is 51.4 cm³/mol. The van der Waals surface area contributed by atoms with Gasteiger partial charge >= 0.3 is 0 Å². The highest BCUT2D eigenvalue weighted by atomic mass is 15.1. The van der Waals surface area contributed by atoms with E-state index in [0.29, 0.717) is 5.95 Å². The fourth-order valence-electron chi connectivity index (χ4n) is 1.11. The molecule has 0 aliphatic carbocycles. The van der Waals surface area contributed by atoms with E-state index < -0.39 is 0 Å². The van der Waals surface area contributed by atoms with Gasteiger partial charge in [-0.1, -0.05) is 0 Å². The Bertz CT molecular complexity index is 363. The molecule has 2 N–H and O–H groups in total. The van der Waals surface area contributed by atoms with E-state index in [1.54, 1.807) is 19.4 Å². The Morgan fingerprint density at radius 1 is 1.31 bits per heavy atom. The molecule has 0 aromatic carbocycles. The van der Waals surface area contributed by atoms with Crippen LogP contribution in [0.25, 0.3) is 11.3 Å². The van der Waals surface area contributed by atoms with Crippen LogP contribution in [0.15, 0.2) is 30.7 Å². The first-order valence-electron chi connectivity index (χ1n) is 4.03. The van der Waals surface area contributed by atoms with Crippen molar-refractivity contribution in [1.29, 1.82) is 0 Å². The topological polar surface area (TPSA) is 53.6 Å². The monoisotopic (exact) mass is 174 g/mol. The SMILES string of the molecule is CNc1ncc(-c2ccc[nH]2)cn1. The van der Waals surface area contributed by atoms with E-state index in [-0.39, 0.29) is 0 Å². The predicted octanol–water partition coefficient (Wildman–Crippen LogP) is 1.51. The van der Waals surface area contributed by atoms with Crippen LogP contribution in [0, 0.1) is 0 Å². The number of rotatable bonds is 2. The van der Waals surface area contributed by atoms with Crippen molar-refractivity contribution in [3.05, 3.63) is 30.7 Å². The summed E-state index contributed by atoms with van der Waals surface area (Å²) < 4.78 is 0. The molecule has 0 unspecified atom stereocenters. The molecule has 0 radical (unpaired) electrons. The smallest absolute Gasteiger partial charge is 0.222 e. The summed E-state index contributed by atoms with van der Waals surface area (Å²) in [5.41, 5.74) is 2.02. The molecule has 0 spiro atoms. The van der Waals surface area contributed by atoms with Gasteiger partial charge in [0.1, 0.15) is 0 Å². The van der Waals surface area contributed by atoms with Crippen LogP contribution in [0.5, 0.6) is 0 Å². The summed E-state index contributed by atoms with van der Waals surface area (Å²) in [7, 11) is 1.80. The van der Waals surface area contributed by atoms with Crippen molar-refractivity contribution in [2.45, 2.75) is 0 Å². The van der Waals surface area contributed by atoms with Gasteiger partial charge in [0.2, 0.25) is 5.95 Å². The molecule has 0 amide bonds. The lowest BCUT2D eigenvalue weighted by Gasteiger charge is -1.99. The third kappa shape index (κ3) is 1.51. The lowest BCUT2D eigenvalue weighted by molar-refractivity contribution is 1.15. The normalized spacial score (nSPS) is 9.92. The van der Waals surface area contributed by atoms with Crippen molar-refractivity contribution >= 4 is 5.95 Å². The Labute approximate surface area is 76.1 Å². The molecule has 4 nitrogen and oxygen atoms in total. The van der Waals surface area contributed by atoms with Gasteiger partial charge < -0.3 is 10.3 Å². The van der Waals surface area contributed by atoms with E-state index in [9.17, 15) is 0 Å². The van der Waals surface area contributed by atoms with Crippen molar-refractivity contribution < 1.29 is 0 Å². The van der Waals surface area contributed by atoms with Gasteiger partial charge in [-0.3, -0.25) is 0 Å². The van der Waals surface area contributed by atoms with Crippen molar-refractivity contribution in [2.24, 2.45) is 0 Å². The number of hydrogen-bond donors (Lipinski definition) is 2. The zero-order valence-corrected chi connectivity index (χ0v) is 7.28. The van der Waals surface area contributed by atoms with Crippen LogP contribution >= 0.6 is 0 Å². The van der Waals surface area contributed by atoms with Crippen LogP contribution < -0.4 is 5.32 Å². The lowest BCUT2D eigenvalue weighted by Crippen LogP contribution is -1.95. The van der Waals surface area contributed by atoms with Crippen molar-refractivity contribution in [2.75, 3.05) is 12.4 Å². The van der Waals surface area contributed by atoms with Crippen molar-refractivity contribution in [1.82, 2.24) is 15.0 Å². The highest BCUT2D eigenvalue weighted by Gasteiger charge is 1.98. The van der Waals surface area contributed by atoms with E-state index in [1.807, 2.05) is 18.3 Å². The summed E-state index contributed by atoms with van der Waals surface area (Å²) in [6.45, 7) is 0. The summed E-state index contributed by atoms with van der Waals surface area (Å²) in [4.78, 5) is 11.3. The molecule has 2 aromatic rings. The number of aromatic amines is 1. The first kappa shape index (κ1) is 7.79. The molecule has 0 saturated carbocycles. The minimum Gasteiger partial charge on any atom is -0.361 e. The van der Waals surface area contributed by atoms with E-state index in [2.05, 4.69) is 20.3 Å². The molecular formula is C9H10N4. The van der Waals surface area contributed by atoms with Crippen LogP contribution in [0.4, 0.5) is 5.95 Å². The Morgan fingerprint density at radius 3 is 2.62 bits per heavy atom. The molecule has 0 aliphatic rings. The van der Waals surface area contributed by atoms with Gasteiger partial charge in [-0.05, 0) is 12.1 Å². The summed E-state index contributed by atoms with van der Waals surface area (Å²) in [6.07, 6.45) is 5.44. The first-order chi connectivity index (χ1) is 6.40. The summed E-state index contributed by atoms with van der Waals surface area (Å²) in [6, 6.07) is 3.93. The molecule has 0 fully saturated rings. The van der Waals surface area contributed by atoms with Gasteiger partial charge in [-0.2, -0.15) is 0 Å². The summed E-state index contributed by atoms with van der Waals surface area (Å²) in [5, 5.41) is 2.87. The van der Waals surface area contributed by atoms with Crippen molar-refractivity contribution in [3.8, 4) is 11.3 Å². The van der Waals surface area contributed by atoms with E-state index in [0.717, 1.165) is 11.3 Å². The number of hydrogen-bond acceptors (Lipinski definition) is 3. The third-order valence-electron chi connectivity index (χ3n) is 1.78. The molecule has 2 heterocycles. The molecule has 66 valence electrons. The average Bonchev–Trinajstić information content (AvgIpc) is 2.71. The number of H-pyrrole nitrogens is 1. The Morgan fingerprint density at radius 2 is 2.08 bits per heavy atom. The summed E-state index contributed by atoms with van der Waals surface area (Å²) >= 11 is 0. The Balaban J connectivity index is 2.33. The molecule has 0 bridgehead atoms. The van der Waals surface area contributed by atoms with Crippen LogP contribution in [0.2, 0.25) is 0 Å². The fraction of sp³-hybridized carbons (Fsp3) is 0.111. The van der Waals surface area contributed by atoms with Gasteiger partial charge in [0.05, 0.1) is 0 Å². The Kier molecular flexibility index (Phi) is 1.96. The molecule has 4 heteroatoms. The second-order valence-electron chi connectivity index (χ2n) is 2.63. The molecule has 2 rings (SSSR count). The Hall–Kier alpha value is -1.84. The van der Waals surface area contributed by atoms with Crippen LogP contribution in [-0.2, 0) is 0 Å². The third-order valence-corrected chi connectivity index (χ3v) is 1.78. The summed E-state index contributed by atoms with van der Waals surface area (Å²) in [5.74, 6) is 0.635. The number of aromatic nitrogens is 3. The number of anilines is 1. The highest BCUT2D eigenvalue weighted by Crippen LogP contribution is 2.14. The molecule has 13 heavy (non-hydrogen) atoms. The lowest BCUT2D eigenvalue weighted by atomic mass is 10.2. The van der Waals surface area contributed by atoms with Crippen LogP contribution in [0.1, 0.15) is 0 Å². The quantitative estimate of drug-likeness (QED) is 0.725. The maximum atomic E-state index is 4.11. The molecule has 0 saturated heterocycles. The van der Waals surface area contributed by atoms with E-state index in [4.69, 9.17) is 0 Å². The second kappa shape index (κ2) is 3.26. The van der Waals surface area contributed by atoms with Crippen LogP contribution in [-0.4, -0.2) is 22.0 Å². The molecule has 0 aliphatic heterocycles. The molecule has 2 aromatic heterocycles. The van der Waals surface area contributed by atoms with Gasteiger partial charge in [0.15, 0.2) is 0 Å². The zero-order valence-electron chi connectivity index (χ0n) is 7.28. The highest BCUT2D eigenvalue weighted by molar-refractivity contribution is 5.57. The van der Waals surface area contributed by atoms with Crippen LogP contribution in [0.3, 0.4) is 0 Å². The van der Waals surface area contributed by atoms with Gasteiger partial charge in [-0.25, -0.2) is 9.97 Å². The largest absolute Gasteiger partial charge is 0.361 e. The first-order valence-corrected chi connectivity index (χ1v) is 4.03. The standard InChI is InChI=1S/C9H10N4/c1-10-9-12-5-7(6-13-9)8-3-2-4-11-8/h2-6,11H,1H3,(H,10,12,13). The molecular weight excluding hydrogens is 164 g/mol. The van der Waals surface area contributed by atoms with Gasteiger partial charge in [0.25, 0.3) is 0 Å². The van der Waals surface area contributed by atoms with Gasteiger partial charge in [0, 0.05) is 36.9 Å². The van der Waals surface area contributed by atoms with Gasteiger partial charge in [-0.15, -0.1) is 0 Å².